The van der Waals surface area contributed by atoms with Crippen molar-refractivity contribution in [2.75, 3.05) is 18.5 Å². The second-order valence-corrected chi connectivity index (χ2v) is 9.28. The van der Waals surface area contributed by atoms with Gasteiger partial charge in [-0.2, -0.15) is 0 Å². The SMILES string of the molecule is CCCCCCOc1ccc(NC(=S)NC(=O)c2ccc(OCCC(C)C)c(Br)c2)cc1. The van der Waals surface area contributed by atoms with Crippen LogP contribution in [0.4, 0.5) is 5.69 Å². The summed E-state index contributed by atoms with van der Waals surface area (Å²) in [5, 5.41) is 5.97. The number of amides is 1. The molecule has 0 saturated carbocycles. The maximum absolute atomic E-state index is 12.5. The van der Waals surface area contributed by atoms with Crippen molar-refractivity contribution >= 4 is 44.9 Å². The van der Waals surface area contributed by atoms with Crippen molar-refractivity contribution in [3.63, 3.8) is 0 Å². The van der Waals surface area contributed by atoms with E-state index < -0.39 is 0 Å². The van der Waals surface area contributed by atoms with E-state index in [4.69, 9.17) is 21.7 Å². The molecule has 0 aliphatic heterocycles. The highest BCUT2D eigenvalue weighted by atomic mass is 79.9. The Hall–Kier alpha value is -2.12. The Morgan fingerprint density at radius 1 is 1.03 bits per heavy atom. The number of unbranched alkanes of at least 4 members (excludes halogenated alkanes) is 3. The predicted octanol–water partition coefficient (Wildman–Crippen LogP) is 6.96. The maximum Gasteiger partial charge on any atom is 0.257 e. The summed E-state index contributed by atoms with van der Waals surface area (Å²) < 4.78 is 12.2. The van der Waals surface area contributed by atoms with Crippen LogP contribution in [-0.2, 0) is 0 Å². The van der Waals surface area contributed by atoms with Crippen molar-refractivity contribution in [3.8, 4) is 11.5 Å². The minimum atomic E-state index is -0.288. The first-order valence-electron chi connectivity index (χ1n) is 11.2. The Labute approximate surface area is 205 Å². The molecule has 0 fully saturated rings. The van der Waals surface area contributed by atoms with Crippen LogP contribution in [0.25, 0.3) is 0 Å². The average molecular weight is 522 g/mol. The van der Waals surface area contributed by atoms with E-state index in [2.05, 4.69) is 47.3 Å². The van der Waals surface area contributed by atoms with Gasteiger partial charge in [0.15, 0.2) is 5.11 Å². The molecule has 2 N–H and O–H groups in total. The van der Waals surface area contributed by atoms with Gasteiger partial charge in [-0.1, -0.05) is 40.0 Å². The number of rotatable bonds is 12. The molecule has 1 amide bonds. The lowest BCUT2D eigenvalue weighted by atomic mass is 10.1. The van der Waals surface area contributed by atoms with E-state index in [1.54, 1.807) is 18.2 Å². The van der Waals surface area contributed by atoms with Gasteiger partial charge in [0.2, 0.25) is 0 Å². The van der Waals surface area contributed by atoms with Gasteiger partial charge < -0.3 is 14.8 Å². The molecule has 0 heterocycles. The lowest BCUT2D eigenvalue weighted by Gasteiger charge is -2.12. The third kappa shape index (κ3) is 9.57. The first kappa shape index (κ1) is 26.1. The number of benzene rings is 2. The van der Waals surface area contributed by atoms with Crippen LogP contribution in [0.5, 0.6) is 11.5 Å². The van der Waals surface area contributed by atoms with E-state index >= 15 is 0 Å². The fourth-order valence-electron chi connectivity index (χ4n) is 2.85. The van der Waals surface area contributed by atoms with E-state index in [0.29, 0.717) is 18.1 Å². The number of halogens is 1. The second kappa shape index (κ2) is 14.1. The van der Waals surface area contributed by atoms with Crippen LogP contribution in [-0.4, -0.2) is 24.2 Å². The standard InChI is InChI=1S/C25H33BrN2O3S/c1-4-5-6-7-15-30-21-11-9-20(10-12-21)27-25(32)28-24(29)19-8-13-23(22(26)17-19)31-16-14-18(2)3/h8-13,17-18H,4-7,14-16H2,1-3H3,(H2,27,28,29,32). The monoisotopic (exact) mass is 520 g/mol. The highest BCUT2D eigenvalue weighted by Gasteiger charge is 2.11. The van der Waals surface area contributed by atoms with Crippen LogP contribution in [0.15, 0.2) is 46.9 Å². The molecule has 174 valence electrons. The van der Waals surface area contributed by atoms with Gasteiger partial charge in [0.05, 0.1) is 17.7 Å². The molecular formula is C25H33BrN2O3S. The quantitative estimate of drug-likeness (QED) is 0.234. The first-order valence-corrected chi connectivity index (χ1v) is 12.4. The van der Waals surface area contributed by atoms with Crippen LogP contribution < -0.4 is 20.1 Å². The van der Waals surface area contributed by atoms with Gasteiger partial charge in [-0.15, -0.1) is 0 Å². The topological polar surface area (TPSA) is 59.6 Å². The van der Waals surface area contributed by atoms with Gasteiger partial charge in [0.1, 0.15) is 11.5 Å². The van der Waals surface area contributed by atoms with Gasteiger partial charge in [0, 0.05) is 11.3 Å². The molecule has 32 heavy (non-hydrogen) atoms. The highest BCUT2D eigenvalue weighted by Crippen LogP contribution is 2.26. The lowest BCUT2D eigenvalue weighted by Crippen LogP contribution is -2.34. The molecule has 0 aromatic heterocycles. The zero-order valence-corrected chi connectivity index (χ0v) is 21.5. The Balaban J connectivity index is 1.81. The van der Waals surface area contributed by atoms with E-state index in [9.17, 15) is 4.79 Å². The van der Waals surface area contributed by atoms with Crippen molar-refractivity contribution in [2.45, 2.75) is 52.9 Å². The zero-order valence-electron chi connectivity index (χ0n) is 19.1. The lowest BCUT2D eigenvalue weighted by molar-refractivity contribution is 0.0977. The summed E-state index contributed by atoms with van der Waals surface area (Å²) in [7, 11) is 0. The van der Waals surface area contributed by atoms with E-state index in [0.717, 1.165) is 41.1 Å². The molecule has 2 aromatic rings. The molecule has 5 nitrogen and oxygen atoms in total. The van der Waals surface area contributed by atoms with Crippen LogP contribution in [0.1, 0.15) is 63.2 Å². The van der Waals surface area contributed by atoms with Gasteiger partial charge in [-0.3, -0.25) is 10.1 Å². The predicted molar refractivity (Wildman–Crippen MR) is 139 cm³/mol. The van der Waals surface area contributed by atoms with E-state index in [-0.39, 0.29) is 11.0 Å². The van der Waals surface area contributed by atoms with E-state index in [1.165, 1.54) is 19.3 Å². The van der Waals surface area contributed by atoms with Gasteiger partial charge >= 0.3 is 0 Å². The van der Waals surface area contributed by atoms with Crippen LogP contribution in [0, 0.1) is 5.92 Å². The first-order chi connectivity index (χ1) is 15.4. The smallest absolute Gasteiger partial charge is 0.257 e. The van der Waals surface area contributed by atoms with Crippen molar-refractivity contribution < 1.29 is 14.3 Å². The Kier molecular flexibility index (Phi) is 11.5. The number of thiocarbonyl (C=S) groups is 1. The fourth-order valence-corrected chi connectivity index (χ4v) is 3.56. The van der Waals surface area contributed by atoms with E-state index in [1.807, 2.05) is 24.3 Å². The molecule has 2 aromatic carbocycles. The van der Waals surface area contributed by atoms with Crippen LogP contribution >= 0.6 is 28.1 Å². The summed E-state index contributed by atoms with van der Waals surface area (Å²) >= 11 is 8.76. The highest BCUT2D eigenvalue weighted by molar-refractivity contribution is 9.10. The fraction of sp³-hybridized carbons (Fsp3) is 0.440. The largest absolute Gasteiger partial charge is 0.494 e. The molecule has 2 rings (SSSR count). The number of carbonyl (C=O) groups excluding carboxylic acids is 1. The molecule has 7 heteroatoms. The van der Waals surface area contributed by atoms with Gasteiger partial charge in [-0.25, -0.2) is 0 Å². The van der Waals surface area contributed by atoms with Crippen LogP contribution in [0.2, 0.25) is 0 Å². The third-order valence-electron chi connectivity index (χ3n) is 4.75. The molecule has 0 aliphatic carbocycles. The van der Waals surface area contributed by atoms with Crippen LogP contribution in [0.3, 0.4) is 0 Å². The minimum absolute atomic E-state index is 0.233. The van der Waals surface area contributed by atoms with Crippen molar-refractivity contribution in [2.24, 2.45) is 5.92 Å². The second-order valence-electron chi connectivity index (χ2n) is 8.02. The number of carbonyl (C=O) groups is 1. The maximum atomic E-state index is 12.5. The number of hydrogen-bond acceptors (Lipinski definition) is 4. The van der Waals surface area contributed by atoms with Crippen molar-refractivity contribution in [3.05, 3.63) is 52.5 Å². The molecule has 0 aliphatic rings. The summed E-state index contributed by atoms with van der Waals surface area (Å²) in [6, 6.07) is 12.8. The number of hydrogen-bond donors (Lipinski definition) is 2. The molecular weight excluding hydrogens is 488 g/mol. The normalized spacial score (nSPS) is 10.7. The molecule has 0 atom stereocenters. The number of anilines is 1. The average Bonchev–Trinajstić information content (AvgIpc) is 2.75. The summed E-state index contributed by atoms with van der Waals surface area (Å²) in [4.78, 5) is 12.5. The van der Waals surface area contributed by atoms with Crippen molar-refractivity contribution in [1.29, 1.82) is 0 Å². The molecule has 0 bridgehead atoms. The number of ether oxygens (including phenoxy) is 2. The Morgan fingerprint density at radius 3 is 2.44 bits per heavy atom. The molecule has 0 spiro atoms. The number of nitrogens with one attached hydrogen (secondary N) is 2. The summed E-state index contributed by atoms with van der Waals surface area (Å²) in [6.07, 6.45) is 5.68. The Bertz CT molecular complexity index is 872. The summed E-state index contributed by atoms with van der Waals surface area (Å²) in [6.45, 7) is 7.86. The molecule has 0 unspecified atom stereocenters. The Morgan fingerprint density at radius 2 is 1.78 bits per heavy atom. The molecule has 0 saturated heterocycles. The summed E-state index contributed by atoms with van der Waals surface area (Å²) in [5.41, 5.74) is 1.27. The molecule has 0 radical (unpaired) electrons. The van der Waals surface area contributed by atoms with Gasteiger partial charge in [0.25, 0.3) is 5.91 Å². The summed E-state index contributed by atoms with van der Waals surface area (Å²) in [5.74, 6) is 1.83. The van der Waals surface area contributed by atoms with Crippen molar-refractivity contribution in [1.82, 2.24) is 5.32 Å². The van der Waals surface area contributed by atoms with Gasteiger partial charge in [-0.05, 0) is 89.4 Å². The third-order valence-corrected chi connectivity index (χ3v) is 5.58. The minimum Gasteiger partial charge on any atom is -0.494 e. The zero-order chi connectivity index (χ0) is 23.3.